The molecule has 3 rings (SSSR count). The summed E-state index contributed by atoms with van der Waals surface area (Å²) in [6, 6.07) is 4.96. The average Bonchev–Trinajstić information content (AvgIpc) is 2.55. The third kappa shape index (κ3) is 4.02. The highest BCUT2D eigenvalue weighted by Crippen LogP contribution is 2.23. The Kier molecular flexibility index (Phi) is 5.01. The van der Waals surface area contributed by atoms with E-state index < -0.39 is 9.84 Å². The Morgan fingerprint density at radius 3 is 2.71 bits per heavy atom. The highest BCUT2D eigenvalue weighted by atomic mass is 32.2. The molecule has 1 aliphatic heterocycles. The fourth-order valence-electron chi connectivity index (χ4n) is 3.03. The zero-order chi connectivity index (χ0) is 17.2. The highest BCUT2D eigenvalue weighted by molar-refractivity contribution is 7.90. The summed E-state index contributed by atoms with van der Waals surface area (Å²) in [4.78, 5) is 11.3. The average molecular weight is 348 g/mol. The van der Waals surface area contributed by atoms with Gasteiger partial charge in [-0.3, -0.25) is 0 Å². The number of nitrogens with one attached hydrogen (secondary N) is 1. The lowest BCUT2D eigenvalue weighted by Gasteiger charge is -2.30. The van der Waals surface area contributed by atoms with Gasteiger partial charge in [0.1, 0.15) is 12.1 Å². The van der Waals surface area contributed by atoms with Gasteiger partial charge in [-0.2, -0.15) is 0 Å². The van der Waals surface area contributed by atoms with Crippen molar-refractivity contribution >= 4 is 26.6 Å². The molecule has 0 atom stereocenters. The molecule has 0 radical (unpaired) electrons. The van der Waals surface area contributed by atoms with Crippen LogP contribution in [0.15, 0.2) is 29.4 Å². The molecule has 1 aromatic heterocycles. The lowest BCUT2D eigenvalue weighted by molar-refractivity contribution is 0.199. The van der Waals surface area contributed by atoms with Crippen LogP contribution in [-0.2, 0) is 9.84 Å². The quantitative estimate of drug-likeness (QED) is 0.893. The first-order chi connectivity index (χ1) is 11.4. The Balaban J connectivity index is 1.72. The predicted octanol–water partition coefficient (Wildman–Crippen LogP) is 2.18. The standard InChI is InChI=1S/C17H24N4O2S/c1-13-5-8-21(9-6-13)10-7-18-17-15-11-14(24(2,22)23)3-4-16(15)19-12-20-17/h3-4,11-13H,5-10H2,1-2H3,(H,18,19,20). The summed E-state index contributed by atoms with van der Waals surface area (Å²) in [6.07, 6.45) is 5.23. The summed E-state index contributed by atoms with van der Waals surface area (Å²) in [5, 5.41) is 4.08. The first-order valence-corrected chi connectivity index (χ1v) is 10.2. The van der Waals surface area contributed by atoms with Crippen LogP contribution in [0.3, 0.4) is 0 Å². The van der Waals surface area contributed by atoms with E-state index in [2.05, 4.69) is 27.1 Å². The number of anilines is 1. The molecule has 0 spiro atoms. The maximum absolute atomic E-state index is 11.8. The van der Waals surface area contributed by atoms with E-state index in [1.807, 2.05) is 0 Å². The van der Waals surface area contributed by atoms with E-state index in [4.69, 9.17) is 0 Å². The minimum absolute atomic E-state index is 0.290. The number of aromatic nitrogens is 2. The molecule has 0 bridgehead atoms. The predicted molar refractivity (Wildman–Crippen MR) is 96.0 cm³/mol. The Labute approximate surface area is 143 Å². The van der Waals surface area contributed by atoms with Gasteiger partial charge < -0.3 is 10.2 Å². The Morgan fingerprint density at radius 2 is 2.00 bits per heavy atom. The van der Waals surface area contributed by atoms with E-state index in [0.717, 1.165) is 43.0 Å². The zero-order valence-electron chi connectivity index (χ0n) is 14.2. The normalized spacial score (nSPS) is 17.2. The number of likely N-dealkylation sites (tertiary alicyclic amines) is 1. The monoisotopic (exact) mass is 348 g/mol. The van der Waals surface area contributed by atoms with Gasteiger partial charge in [0, 0.05) is 24.7 Å². The molecule has 1 aromatic carbocycles. The molecular weight excluding hydrogens is 324 g/mol. The van der Waals surface area contributed by atoms with Crippen molar-refractivity contribution in [1.29, 1.82) is 0 Å². The zero-order valence-corrected chi connectivity index (χ0v) is 15.0. The number of nitrogens with zero attached hydrogens (tertiary/aromatic N) is 3. The van der Waals surface area contributed by atoms with Gasteiger partial charge in [0.25, 0.3) is 0 Å². The third-order valence-corrected chi connectivity index (χ3v) is 5.74. The molecule has 0 aliphatic carbocycles. The molecule has 130 valence electrons. The molecule has 6 nitrogen and oxygen atoms in total. The van der Waals surface area contributed by atoms with Crippen molar-refractivity contribution in [1.82, 2.24) is 14.9 Å². The molecule has 24 heavy (non-hydrogen) atoms. The smallest absolute Gasteiger partial charge is 0.175 e. The summed E-state index contributed by atoms with van der Waals surface area (Å²) in [5.74, 6) is 1.52. The number of benzene rings is 1. The molecule has 1 aliphatic rings. The van der Waals surface area contributed by atoms with Crippen molar-refractivity contribution in [3.8, 4) is 0 Å². The van der Waals surface area contributed by atoms with Gasteiger partial charge >= 0.3 is 0 Å². The van der Waals surface area contributed by atoms with Gasteiger partial charge in [-0.1, -0.05) is 6.92 Å². The number of hydrogen-bond acceptors (Lipinski definition) is 6. The molecule has 2 aromatic rings. The minimum atomic E-state index is -3.25. The summed E-state index contributed by atoms with van der Waals surface area (Å²) >= 11 is 0. The van der Waals surface area contributed by atoms with Crippen molar-refractivity contribution in [2.75, 3.05) is 37.8 Å². The van der Waals surface area contributed by atoms with Crippen molar-refractivity contribution in [3.05, 3.63) is 24.5 Å². The summed E-state index contributed by atoms with van der Waals surface area (Å²) in [7, 11) is -3.25. The third-order valence-electron chi connectivity index (χ3n) is 4.63. The van der Waals surface area contributed by atoms with Crippen LogP contribution in [0.2, 0.25) is 0 Å². The molecule has 1 saturated heterocycles. The van der Waals surface area contributed by atoms with Crippen LogP contribution in [-0.4, -0.2) is 55.7 Å². The SMILES string of the molecule is CC1CCN(CCNc2ncnc3ccc(S(C)(=O)=O)cc23)CC1. The second-order valence-electron chi connectivity index (χ2n) is 6.62. The Bertz CT molecular complexity index is 814. The van der Waals surface area contributed by atoms with E-state index in [1.165, 1.54) is 25.4 Å². The molecule has 1 fully saturated rings. The lowest BCUT2D eigenvalue weighted by atomic mass is 9.99. The van der Waals surface area contributed by atoms with Gasteiger partial charge in [-0.15, -0.1) is 0 Å². The second kappa shape index (κ2) is 7.03. The minimum Gasteiger partial charge on any atom is -0.368 e. The first-order valence-electron chi connectivity index (χ1n) is 8.34. The first kappa shape index (κ1) is 17.1. The fourth-order valence-corrected chi connectivity index (χ4v) is 3.67. The number of piperidine rings is 1. The molecule has 7 heteroatoms. The molecule has 1 N–H and O–H groups in total. The molecule has 0 amide bonds. The van der Waals surface area contributed by atoms with Gasteiger partial charge in [0.2, 0.25) is 0 Å². The van der Waals surface area contributed by atoms with Crippen LogP contribution in [0, 0.1) is 5.92 Å². The lowest BCUT2D eigenvalue weighted by Crippen LogP contribution is -2.36. The highest BCUT2D eigenvalue weighted by Gasteiger charge is 2.15. The van der Waals surface area contributed by atoms with Crippen molar-refractivity contribution in [2.45, 2.75) is 24.7 Å². The number of sulfone groups is 1. The van der Waals surface area contributed by atoms with Crippen LogP contribution in [0.25, 0.3) is 10.9 Å². The van der Waals surface area contributed by atoms with E-state index in [0.29, 0.717) is 5.82 Å². The number of hydrogen-bond donors (Lipinski definition) is 1. The van der Waals surface area contributed by atoms with Crippen LogP contribution in [0.1, 0.15) is 19.8 Å². The maximum atomic E-state index is 11.8. The Hall–Kier alpha value is -1.73. The van der Waals surface area contributed by atoms with Gasteiger partial charge in [-0.05, 0) is 50.0 Å². The van der Waals surface area contributed by atoms with Crippen LogP contribution in [0.4, 0.5) is 5.82 Å². The van der Waals surface area contributed by atoms with Crippen molar-refractivity contribution < 1.29 is 8.42 Å². The molecule has 0 unspecified atom stereocenters. The number of rotatable bonds is 5. The van der Waals surface area contributed by atoms with E-state index in [1.54, 1.807) is 18.2 Å². The van der Waals surface area contributed by atoms with Gasteiger partial charge in [0.05, 0.1) is 10.4 Å². The maximum Gasteiger partial charge on any atom is 0.175 e. The van der Waals surface area contributed by atoms with Crippen molar-refractivity contribution in [3.63, 3.8) is 0 Å². The van der Waals surface area contributed by atoms with Crippen molar-refractivity contribution in [2.24, 2.45) is 5.92 Å². The molecule has 0 saturated carbocycles. The van der Waals surface area contributed by atoms with E-state index in [9.17, 15) is 8.42 Å². The van der Waals surface area contributed by atoms with Crippen LogP contribution >= 0.6 is 0 Å². The van der Waals surface area contributed by atoms with Crippen LogP contribution in [0.5, 0.6) is 0 Å². The summed E-state index contributed by atoms with van der Waals surface area (Å²) < 4.78 is 23.5. The van der Waals surface area contributed by atoms with Crippen LogP contribution < -0.4 is 5.32 Å². The summed E-state index contributed by atoms with van der Waals surface area (Å²) in [6.45, 7) is 6.34. The topological polar surface area (TPSA) is 75.2 Å². The van der Waals surface area contributed by atoms with E-state index >= 15 is 0 Å². The Morgan fingerprint density at radius 1 is 1.25 bits per heavy atom. The second-order valence-corrected chi connectivity index (χ2v) is 8.64. The largest absolute Gasteiger partial charge is 0.368 e. The van der Waals surface area contributed by atoms with Gasteiger partial charge in [0.15, 0.2) is 9.84 Å². The number of fused-ring (bicyclic) bond motifs is 1. The van der Waals surface area contributed by atoms with E-state index in [-0.39, 0.29) is 4.90 Å². The molecular formula is C17H24N4O2S. The summed E-state index contributed by atoms with van der Waals surface area (Å²) in [5.41, 5.74) is 0.742. The molecule has 2 heterocycles. The fraction of sp³-hybridized carbons (Fsp3) is 0.529. The van der Waals surface area contributed by atoms with Gasteiger partial charge in [-0.25, -0.2) is 18.4 Å².